The zero-order valence-corrected chi connectivity index (χ0v) is 35.9. The van der Waals surface area contributed by atoms with Crippen molar-refractivity contribution >= 4 is 22.6 Å². The van der Waals surface area contributed by atoms with Crippen LogP contribution < -0.4 is 10.6 Å². The number of fused-ring (bicyclic) bond motifs is 3. The number of nitrogens with one attached hydrogen (secondary N) is 2. The van der Waals surface area contributed by atoms with Crippen molar-refractivity contribution in [1.29, 1.82) is 0 Å². The van der Waals surface area contributed by atoms with Gasteiger partial charge in [-0.1, -0.05) is 206 Å². The lowest BCUT2D eigenvalue weighted by Gasteiger charge is -2.34. The van der Waals surface area contributed by atoms with E-state index in [4.69, 9.17) is 0 Å². The Morgan fingerprint density at radius 3 is 1.75 bits per heavy atom. The van der Waals surface area contributed by atoms with Crippen LogP contribution >= 0.6 is 0 Å². The minimum atomic E-state index is -0.459. The molecule has 0 saturated heterocycles. The third kappa shape index (κ3) is 7.79. The first kappa shape index (κ1) is 39.9. The van der Waals surface area contributed by atoms with E-state index in [2.05, 4.69) is 255 Å². The summed E-state index contributed by atoms with van der Waals surface area (Å²) in [5, 5.41) is 7.25. The molecule has 0 fully saturated rings. The molecule has 0 unspecified atom stereocenters. The Bertz CT molecular complexity index is 3120. The van der Waals surface area contributed by atoms with Crippen molar-refractivity contribution in [2.45, 2.75) is 12.3 Å². The molecule has 9 aromatic rings. The zero-order chi connectivity index (χ0) is 43.3. The van der Waals surface area contributed by atoms with Gasteiger partial charge in [0, 0.05) is 28.8 Å². The van der Waals surface area contributed by atoms with Gasteiger partial charge in [0.25, 0.3) is 0 Å². The summed E-state index contributed by atoms with van der Waals surface area (Å²) in [6.45, 7) is 6.51. The van der Waals surface area contributed by atoms with Crippen molar-refractivity contribution in [3.63, 3.8) is 0 Å². The highest BCUT2D eigenvalue weighted by Crippen LogP contribution is 2.56. The lowest BCUT2D eigenvalue weighted by molar-refractivity contribution is 0.769. The molecule has 1 aliphatic rings. The third-order valence-corrected chi connectivity index (χ3v) is 12.4. The van der Waals surface area contributed by atoms with E-state index in [9.17, 15) is 0 Å². The highest BCUT2D eigenvalue weighted by molar-refractivity contribution is 5.90. The Kier molecular flexibility index (Phi) is 11.0. The number of benzene rings is 9. The predicted molar refractivity (Wildman–Crippen MR) is 272 cm³/mol. The van der Waals surface area contributed by atoms with Crippen LogP contribution in [0, 0.1) is 6.92 Å². The molecule has 306 valence electrons. The standard InChI is InChI=1S/C62H48N2/c1-44-30-32-46(33-31-44)47-34-36-54(37-35-47)63-40-14-13-17-45(2)48-18-15-19-49(41-48)50-20-16-21-51(42-50)56-26-10-12-29-61(56)64-55-38-39-58-57-27-9-11-28-59(57)62(60(58)43-55,52-22-5-3-6-23-52)53-24-7-4-8-25-53/h3-43,63-64H,2H2,1H3/b17-13-,40-14-. The maximum absolute atomic E-state index is 4.40. The summed E-state index contributed by atoms with van der Waals surface area (Å²) in [5.74, 6) is 0. The first-order valence-electron chi connectivity index (χ1n) is 21.9. The van der Waals surface area contributed by atoms with E-state index in [1.165, 1.54) is 50.1 Å². The molecule has 0 aromatic heterocycles. The third-order valence-electron chi connectivity index (χ3n) is 12.4. The molecule has 2 nitrogen and oxygen atoms in total. The maximum atomic E-state index is 4.40. The topological polar surface area (TPSA) is 24.1 Å². The Morgan fingerprint density at radius 1 is 0.438 bits per heavy atom. The van der Waals surface area contributed by atoms with Gasteiger partial charge in [-0.05, 0) is 128 Å². The fourth-order valence-corrected chi connectivity index (χ4v) is 9.26. The molecule has 0 aliphatic heterocycles. The minimum absolute atomic E-state index is 0.459. The number of aryl methyl sites for hydroxylation is 1. The summed E-state index contributed by atoms with van der Waals surface area (Å²) in [6.07, 6.45) is 8.03. The van der Waals surface area contributed by atoms with Crippen LogP contribution in [-0.2, 0) is 5.41 Å². The van der Waals surface area contributed by atoms with Gasteiger partial charge in [0.05, 0.1) is 5.41 Å². The van der Waals surface area contributed by atoms with Crippen LogP contribution in [0.2, 0.25) is 0 Å². The molecule has 0 atom stereocenters. The largest absolute Gasteiger partial charge is 0.362 e. The zero-order valence-electron chi connectivity index (χ0n) is 35.9. The predicted octanol–water partition coefficient (Wildman–Crippen LogP) is 16.3. The van der Waals surface area contributed by atoms with Crippen molar-refractivity contribution in [2.24, 2.45) is 0 Å². The molecule has 9 aromatic carbocycles. The van der Waals surface area contributed by atoms with Crippen LogP contribution in [0.5, 0.6) is 0 Å². The van der Waals surface area contributed by atoms with Crippen molar-refractivity contribution in [2.75, 3.05) is 10.6 Å². The van der Waals surface area contributed by atoms with E-state index >= 15 is 0 Å². The molecule has 0 saturated carbocycles. The second-order valence-electron chi connectivity index (χ2n) is 16.5. The fraction of sp³-hybridized carbons (Fsp3) is 0.0323. The SMILES string of the molecule is C=C(/C=C\C=C/Nc1ccc(-c2ccc(C)cc2)cc1)c1cccc(-c2cccc(-c3ccccc3Nc3ccc4c(c3)C(c3ccccc3)(c3ccccc3)c3ccccc3-4)c2)c1. The summed E-state index contributed by atoms with van der Waals surface area (Å²) in [6, 6.07) is 80.9. The fourth-order valence-electron chi connectivity index (χ4n) is 9.26. The van der Waals surface area contributed by atoms with Crippen molar-refractivity contribution in [3.05, 3.63) is 289 Å². The smallest absolute Gasteiger partial charge is 0.0714 e. The van der Waals surface area contributed by atoms with Gasteiger partial charge in [-0.25, -0.2) is 0 Å². The van der Waals surface area contributed by atoms with E-state index in [-0.39, 0.29) is 0 Å². The molecule has 0 bridgehead atoms. The van der Waals surface area contributed by atoms with Crippen LogP contribution in [-0.4, -0.2) is 0 Å². The number of rotatable bonds is 12. The number of anilines is 3. The first-order valence-corrected chi connectivity index (χ1v) is 21.9. The van der Waals surface area contributed by atoms with Gasteiger partial charge in [-0.3, -0.25) is 0 Å². The van der Waals surface area contributed by atoms with Gasteiger partial charge in [0.15, 0.2) is 0 Å². The Labute approximate surface area is 377 Å². The van der Waals surface area contributed by atoms with Crippen molar-refractivity contribution in [1.82, 2.24) is 0 Å². The molecule has 64 heavy (non-hydrogen) atoms. The Morgan fingerprint density at radius 2 is 1.02 bits per heavy atom. The number of hydrogen-bond donors (Lipinski definition) is 2. The highest BCUT2D eigenvalue weighted by atomic mass is 14.9. The van der Waals surface area contributed by atoms with Gasteiger partial charge in [-0.15, -0.1) is 0 Å². The highest BCUT2D eigenvalue weighted by Gasteiger charge is 2.46. The number of hydrogen-bond acceptors (Lipinski definition) is 2. The van der Waals surface area contributed by atoms with Crippen molar-refractivity contribution < 1.29 is 0 Å². The summed E-state index contributed by atoms with van der Waals surface area (Å²) >= 11 is 0. The molecule has 2 heteroatoms. The first-order chi connectivity index (χ1) is 31.5. The van der Waals surface area contributed by atoms with Crippen LogP contribution in [0.1, 0.15) is 33.4 Å². The molecule has 2 N–H and O–H groups in total. The summed E-state index contributed by atoms with van der Waals surface area (Å²) < 4.78 is 0. The van der Waals surface area contributed by atoms with Crippen LogP contribution in [0.3, 0.4) is 0 Å². The second-order valence-corrected chi connectivity index (χ2v) is 16.5. The molecule has 0 heterocycles. The quantitative estimate of drug-likeness (QED) is 0.120. The molecule has 0 radical (unpaired) electrons. The molecule has 0 amide bonds. The molecular formula is C62H48N2. The van der Waals surface area contributed by atoms with Crippen LogP contribution in [0.25, 0.3) is 50.1 Å². The monoisotopic (exact) mass is 820 g/mol. The Hall–Kier alpha value is -8.20. The van der Waals surface area contributed by atoms with Crippen LogP contribution in [0.15, 0.2) is 255 Å². The normalized spacial score (nSPS) is 12.5. The van der Waals surface area contributed by atoms with Gasteiger partial charge in [0.1, 0.15) is 0 Å². The lowest BCUT2D eigenvalue weighted by atomic mass is 9.67. The average Bonchev–Trinajstić information content (AvgIpc) is 3.65. The van der Waals surface area contributed by atoms with E-state index in [1.54, 1.807) is 0 Å². The van der Waals surface area contributed by atoms with E-state index in [0.29, 0.717) is 0 Å². The van der Waals surface area contributed by atoms with Gasteiger partial charge in [-0.2, -0.15) is 0 Å². The van der Waals surface area contributed by atoms with Crippen LogP contribution in [0.4, 0.5) is 17.1 Å². The lowest BCUT2D eigenvalue weighted by Crippen LogP contribution is -2.28. The maximum Gasteiger partial charge on any atom is 0.0714 e. The Balaban J connectivity index is 0.881. The minimum Gasteiger partial charge on any atom is -0.362 e. The van der Waals surface area contributed by atoms with Crippen molar-refractivity contribution in [3.8, 4) is 44.5 Å². The summed E-state index contributed by atoms with van der Waals surface area (Å²) in [4.78, 5) is 0. The van der Waals surface area contributed by atoms with E-state index < -0.39 is 5.41 Å². The van der Waals surface area contributed by atoms with E-state index in [0.717, 1.165) is 50.5 Å². The molecule has 0 spiro atoms. The summed E-state index contributed by atoms with van der Waals surface area (Å²) in [7, 11) is 0. The number of allylic oxidation sites excluding steroid dienone is 4. The molecule has 1 aliphatic carbocycles. The molecular weight excluding hydrogens is 773 g/mol. The van der Waals surface area contributed by atoms with Gasteiger partial charge in [0.2, 0.25) is 0 Å². The average molecular weight is 821 g/mol. The second kappa shape index (κ2) is 17.6. The number of para-hydroxylation sites is 1. The van der Waals surface area contributed by atoms with E-state index in [1.807, 2.05) is 18.4 Å². The van der Waals surface area contributed by atoms with Gasteiger partial charge < -0.3 is 10.6 Å². The molecule has 10 rings (SSSR count). The van der Waals surface area contributed by atoms with Gasteiger partial charge >= 0.3 is 0 Å². The summed E-state index contributed by atoms with van der Waals surface area (Å²) in [5.41, 5.74) is 20.6.